The first-order valence-electron chi connectivity index (χ1n) is 11.9. The second kappa shape index (κ2) is 11.7. The Morgan fingerprint density at radius 2 is 1.56 bits per heavy atom. The fourth-order valence-corrected chi connectivity index (χ4v) is 4.45. The molecule has 0 aromatic heterocycles. The van der Waals surface area contributed by atoms with E-state index in [1.807, 2.05) is 45.0 Å². The van der Waals surface area contributed by atoms with Crippen molar-refractivity contribution in [2.24, 2.45) is 11.8 Å². The molecule has 0 spiro atoms. The van der Waals surface area contributed by atoms with E-state index in [1.165, 1.54) is 0 Å². The van der Waals surface area contributed by atoms with Gasteiger partial charge in [0.25, 0.3) is 0 Å². The molecule has 0 bridgehead atoms. The van der Waals surface area contributed by atoms with Gasteiger partial charge in [-0.25, -0.2) is 4.79 Å². The fraction of sp³-hybridized carbons (Fsp3) is 0.444. The van der Waals surface area contributed by atoms with Crippen LogP contribution in [0.4, 0.5) is 4.79 Å². The Morgan fingerprint density at radius 3 is 2.12 bits per heavy atom. The molecule has 2 aromatic carbocycles. The summed E-state index contributed by atoms with van der Waals surface area (Å²) in [4.78, 5) is 36.2. The summed E-state index contributed by atoms with van der Waals surface area (Å²) in [7, 11) is 0. The van der Waals surface area contributed by atoms with Gasteiger partial charge in [-0.1, -0.05) is 69.3 Å². The van der Waals surface area contributed by atoms with Crippen LogP contribution in [0.15, 0.2) is 48.5 Å². The average molecular weight is 467 g/mol. The van der Waals surface area contributed by atoms with Gasteiger partial charge in [0.15, 0.2) is 0 Å². The van der Waals surface area contributed by atoms with Crippen LogP contribution in [0, 0.1) is 11.8 Å². The van der Waals surface area contributed by atoms with E-state index in [9.17, 15) is 14.4 Å². The number of carboxylic acid groups (broad SMARTS) is 1. The average Bonchev–Trinajstić information content (AvgIpc) is 3.10. The van der Waals surface area contributed by atoms with E-state index >= 15 is 0 Å². The number of rotatable bonds is 11. The molecule has 1 aliphatic carbocycles. The molecular formula is C27H34N2O5. The van der Waals surface area contributed by atoms with Crippen molar-refractivity contribution in [2.75, 3.05) is 13.2 Å². The van der Waals surface area contributed by atoms with Gasteiger partial charge in [0.1, 0.15) is 12.6 Å². The maximum Gasteiger partial charge on any atom is 0.407 e. The lowest BCUT2D eigenvalue weighted by Gasteiger charge is -2.21. The zero-order chi connectivity index (χ0) is 24.7. The lowest BCUT2D eigenvalue weighted by atomic mass is 9.98. The molecule has 3 rings (SSSR count). The number of carbonyl (C=O) groups excluding carboxylic acids is 2. The van der Waals surface area contributed by atoms with Gasteiger partial charge in [0.05, 0.1) is 0 Å². The van der Waals surface area contributed by atoms with Gasteiger partial charge in [-0.2, -0.15) is 0 Å². The number of amides is 2. The zero-order valence-electron chi connectivity index (χ0n) is 20.0. The van der Waals surface area contributed by atoms with Gasteiger partial charge in [0.2, 0.25) is 5.91 Å². The maximum atomic E-state index is 12.7. The normalized spacial score (nSPS) is 14.1. The molecule has 2 amide bonds. The van der Waals surface area contributed by atoms with Crippen LogP contribution in [-0.4, -0.2) is 42.3 Å². The van der Waals surface area contributed by atoms with Crippen molar-refractivity contribution in [1.29, 1.82) is 0 Å². The lowest BCUT2D eigenvalue weighted by Crippen LogP contribution is -2.48. The molecule has 182 valence electrons. The molecule has 0 heterocycles. The number of carboxylic acids is 1. The molecule has 3 N–H and O–H groups in total. The topological polar surface area (TPSA) is 105 Å². The largest absolute Gasteiger partial charge is 0.481 e. The predicted molar refractivity (Wildman–Crippen MR) is 130 cm³/mol. The molecule has 0 fully saturated rings. The van der Waals surface area contributed by atoms with E-state index in [4.69, 9.17) is 9.84 Å². The molecule has 0 aliphatic heterocycles. The Labute approximate surface area is 200 Å². The third-order valence-electron chi connectivity index (χ3n) is 6.12. The smallest absolute Gasteiger partial charge is 0.407 e. The number of aliphatic carboxylic acids is 1. The molecule has 2 unspecified atom stereocenters. The number of ether oxygens (including phenoxy) is 1. The molecule has 34 heavy (non-hydrogen) atoms. The van der Waals surface area contributed by atoms with Crippen LogP contribution >= 0.6 is 0 Å². The Hall–Kier alpha value is -3.35. The van der Waals surface area contributed by atoms with Gasteiger partial charge in [-0.05, 0) is 46.9 Å². The van der Waals surface area contributed by atoms with Crippen LogP contribution in [0.5, 0.6) is 0 Å². The van der Waals surface area contributed by atoms with Crippen LogP contribution < -0.4 is 10.6 Å². The first kappa shape index (κ1) is 25.3. The standard InChI is InChI=1S/C27H34N2O5/c1-17(2)14-24(26(32)28-13-12-18(3)15-25(30)31)29-27(33)34-16-23-21-10-6-4-8-19(21)20-9-5-7-11-22(20)23/h4-11,17-18,23-24H,12-16H2,1-3H3,(H,28,32)(H,29,33)(H,30,31). The number of benzene rings is 2. The number of hydrogen-bond acceptors (Lipinski definition) is 4. The van der Waals surface area contributed by atoms with Crippen LogP contribution in [0.1, 0.15) is 57.1 Å². The molecule has 0 saturated heterocycles. The van der Waals surface area contributed by atoms with Crippen LogP contribution in [0.2, 0.25) is 0 Å². The third kappa shape index (κ3) is 6.59. The molecule has 7 nitrogen and oxygen atoms in total. The first-order chi connectivity index (χ1) is 16.3. The lowest BCUT2D eigenvalue weighted by molar-refractivity contribution is -0.138. The predicted octanol–water partition coefficient (Wildman–Crippen LogP) is 4.56. The highest BCUT2D eigenvalue weighted by atomic mass is 16.5. The second-order valence-electron chi connectivity index (χ2n) is 9.43. The summed E-state index contributed by atoms with van der Waals surface area (Å²) in [6.07, 6.45) is 0.461. The van der Waals surface area contributed by atoms with E-state index < -0.39 is 18.1 Å². The highest BCUT2D eigenvalue weighted by Gasteiger charge is 2.30. The molecule has 2 atom stereocenters. The van der Waals surface area contributed by atoms with Crippen molar-refractivity contribution in [3.63, 3.8) is 0 Å². The zero-order valence-corrected chi connectivity index (χ0v) is 20.0. The van der Waals surface area contributed by atoms with Crippen LogP contribution in [0.3, 0.4) is 0 Å². The number of hydrogen-bond donors (Lipinski definition) is 3. The summed E-state index contributed by atoms with van der Waals surface area (Å²) in [5.41, 5.74) is 4.56. The SMILES string of the molecule is CC(C)CC(NC(=O)OCC1c2ccccc2-c2ccccc21)C(=O)NCCC(C)CC(=O)O. The number of carbonyl (C=O) groups is 3. The summed E-state index contributed by atoms with van der Waals surface area (Å²) in [6, 6.07) is 15.5. The van der Waals surface area contributed by atoms with E-state index in [1.54, 1.807) is 0 Å². The van der Waals surface area contributed by atoms with Gasteiger partial charge >= 0.3 is 12.1 Å². The molecular weight excluding hydrogens is 432 g/mol. The first-order valence-corrected chi connectivity index (χ1v) is 11.9. The Morgan fingerprint density at radius 1 is 0.971 bits per heavy atom. The van der Waals surface area contributed by atoms with Gasteiger partial charge in [-0.3, -0.25) is 9.59 Å². The van der Waals surface area contributed by atoms with Crippen molar-refractivity contribution in [3.8, 4) is 11.1 Å². The van der Waals surface area contributed by atoms with Crippen molar-refractivity contribution in [1.82, 2.24) is 10.6 Å². The third-order valence-corrected chi connectivity index (χ3v) is 6.12. The Kier molecular flexibility index (Phi) is 8.68. The quantitative estimate of drug-likeness (QED) is 0.450. The van der Waals surface area contributed by atoms with Crippen molar-refractivity contribution >= 4 is 18.0 Å². The highest BCUT2D eigenvalue weighted by molar-refractivity contribution is 5.85. The minimum atomic E-state index is -0.853. The minimum Gasteiger partial charge on any atom is -0.481 e. The van der Waals surface area contributed by atoms with E-state index in [-0.39, 0.29) is 36.7 Å². The Balaban J connectivity index is 1.57. The highest BCUT2D eigenvalue weighted by Crippen LogP contribution is 2.44. The monoisotopic (exact) mass is 466 g/mol. The minimum absolute atomic E-state index is 0.0450. The summed E-state index contributed by atoms with van der Waals surface area (Å²) >= 11 is 0. The van der Waals surface area contributed by atoms with Crippen molar-refractivity contribution in [3.05, 3.63) is 59.7 Å². The summed E-state index contributed by atoms with van der Waals surface area (Å²) in [6.45, 7) is 6.33. The van der Waals surface area contributed by atoms with E-state index in [2.05, 4.69) is 34.9 Å². The van der Waals surface area contributed by atoms with Crippen molar-refractivity contribution < 1.29 is 24.2 Å². The molecule has 0 saturated carbocycles. The number of nitrogens with one attached hydrogen (secondary N) is 2. The van der Waals surface area contributed by atoms with E-state index in [0.717, 1.165) is 22.3 Å². The van der Waals surface area contributed by atoms with E-state index in [0.29, 0.717) is 19.4 Å². The van der Waals surface area contributed by atoms with Crippen LogP contribution in [-0.2, 0) is 14.3 Å². The molecule has 2 aromatic rings. The number of alkyl carbamates (subject to hydrolysis) is 1. The Bertz CT molecular complexity index is 974. The second-order valence-corrected chi connectivity index (χ2v) is 9.43. The summed E-state index contributed by atoms with van der Waals surface area (Å²) < 4.78 is 5.59. The summed E-state index contributed by atoms with van der Waals surface area (Å²) in [5.74, 6) is -1.04. The maximum absolute atomic E-state index is 12.7. The fourth-order valence-electron chi connectivity index (χ4n) is 4.45. The molecule has 7 heteroatoms. The van der Waals surface area contributed by atoms with Gasteiger partial charge in [0, 0.05) is 18.9 Å². The summed E-state index contributed by atoms with van der Waals surface area (Å²) in [5, 5.41) is 14.4. The van der Waals surface area contributed by atoms with Crippen molar-refractivity contribution in [2.45, 2.75) is 52.0 Å². The van der Waals surface area contributed by atoms with Gasteiger partial charge < -0.3 is 20.5 Å². The number of fused-ring (bicyclic) bond motifs is 3. The van der Waals surface area contributed by atoms with Crippen LogP contribution in [0.25, 0.3) is 11.1 Å². The van der Waals surface area contributed by atoms with Gasteiger partial charge in [-0.15, -0.1) is 0 Å². The molecule has 0 radical (unpaired) electrons. The molecule has 1 aliphatic rings.